The smallest absolute Gasteiger partial charge is 0.229 e. The van der Waals surface area contributed by atoms with Crippen molar-refractivity contribution in [1.29, 1.82) is 5.26 Å². The molecule has 0 atom stereocenters. The Morgan fingerprint density at radius 3 is 2.65 bits per heavy atom. The third-order valence-electron chi connectivity index (χ3n) is 3.13. The van der Waals surface area contributed by atoms with Crippen LogP contribution in [0.25, 0.3) is 0 Å². The zero-order valence-electron chi connectivity index (χ0n) is 12.3. The number of pyridine rings is 1. The van der Waals surface area contributed by atoms with Crippen LogP contribution in [0, 0.1) is 11.3 Å². The topological polar surface area (TPSA) is 86.5 Å². The van der Waals surface area contributed by atoms with Crippen LogP contribution in [0.1, 0.15) is 11.3 Å². The van der Waals surface area contributed by atoms with Crippen LogP contribution in [0.3, 0.4) is 0 Å². The zero-order valence-corrected chi connectivity index (χ0v) is 12.3. The summed E-state index contributed by atoms with van der Waals surface area (Å²) in [4.78, 5) is 12.8. The first-order chi connectivity index (χ1) is 11.3. The number of hydrogen-bond acceptors (Lipinski definition) is 6. The van der Waals surface area contributed by atoms with E-state index in [0.29, 0.717) is 29.6 Å². The largest absolute Gasteiger partial charge is 0.364 e. The highest BCUT2D eigenvalue weighted by atomic mass is 15.1. The second-order valence-electron chi connectivity index (χ2n) is 4.72. The molecule has 2 N–H and O–H groups in total. The van der Waals surface area contributed by atoms with Gasteiger partial charge in [0.15, 0.2) is 0 Å². The maximum absolute atomic E-state index is 9.11. The molecule has 6 heteroatoms. The van der Waals surface area contributed by atoms with Crippen molar-refractivity contribution in [2.75, 3.05) is 10.6 Å². The van der Waals surface area contributed by atoms with Crippen molar-refractivity contribution in [3.63, 3.8) is 0 Å². The van der Waals surface area contributed by atoms with E-state index >= 15 is 0 Å². The SMILES string of the molecule is N#Cc1ccccc1Nc1nccc(NCc2ccccn2)n1. The van der Waals surface area contributed by atoms with Gasteiger partial charge in [-0.2, -0.15) is 10.2 Å². The summed E-state index contributed by atoms with van der Waals surface area (Å²) in [5.74, 6) is 1.11. The number of rotatable bonds is 5. The van der Waals surface area contributed by atoms with Crippen LogP contribution in [0.5, 0.6) is 0 Å². The van der Waals surface area contributed by atoms with Crippen LogP contribution in [0.2, 0.25) is 0 Å². The Balaban J connectivity index is 1.71. The van der Waals surface area contributed by atoms with Crippen molar-refractivity contribution in [2.45, 2.75) is 6.54 Å². The van der Waals surface area contributed by atoms with E-state index in [2.05, 4.69) is 31.7 Å². The molecular weight excluding hydrogens is 288 g/mol. The Morgan fingerprint density at radius 2 is 1.83 bits per heavy atom. The van der Waals surface area contributed by atoms with E-state index in [-0.39, 0.29) is 0 Å². The molecule has 23 heavy (non-hydrogen) atoms. The Morgan fingerprint density at radius 1 is 0.957 bits per heavy atom. The van der Waals surface area contributed by atoms with Gasteiger partial charge in [0.1, 0.15) is 11.9 Å². The summed E-state index contributed by atoms with van der Waals surface area (Å²) in [6.45, 7) is 0.575. The van der Waals surface area contributed by atoms with Gasteiger partial charge < -0.3 is 10.6 Å². The van der Waals surface area contributed by atoms with Crippen LogP contribution in [-0.2, 0) is 6.54 Å². The highest BCUT2D eigenvalue weighted by Gasteiger charge is 2.04. The van der Waals surface area contributed by atoms with Crippen molar-refractivity contribution >= 4 is 17.5 Å². The van der Waals surface area contributed by atoms with Crippen LogP contribution < -0.4 is 10.6 Å². The Labute approximate surface area is 133 Å². The number of benzene rings is 1. The van der Waals surface area contributed by atoms with Gasteiger partial charge in [0, 0.05) is 12.4 Å². The molecule has 0 radical (unpaired) electrons. The molecule has 3 aromatic rings. The predicted octanol–water partition coefficient (Wildman–Crippen LogP) is 3.10. The third kappa shape index (κ3) is 3.80. The number of hydrogen-bond donors (Lipinski definition) is 2. The first-order valence-corrected chi connectivity index (χ1v) is 7.08. The van der Waals surface area contributed by atoms with E-state index in [0.717, 1.165) is 5.69 Å². The maximum atomic E-state index is 9.11. The summed E-state index contributed by atoms with van der Waals surface area (Å²) in [7, 11) is 0. The minimum atomic E-state index is 0.429. The molecule has 0 fully saturated rings. The second kappa shape index (κ2) is 7.00. The molecule has 6 nitrogen and oxygen atoms in total. The molecule has 112 valence electrons. The Hall–Kier alpha value is -3.46. The van der Waals surface area contributed by atoms with Crippen molar-refractivity contribution in [3.05, 3.63) is 72.2 Å². The van der Waals surface area contributed by atoms with Gasteiger partial charge in [-0.3, -0.25) is 4.98 Å². The molecule has 0 unspecified atom stereocenters. The molecule has 0 bridgehead atoms. The van der Waals surface area contributed by atoms with Gasteiger partial charge in [0.25, 0.3) is 0 Å². The number of nitriles is 1. The van der Waals surface area contributed by atoms with E-state index in [1.807, 2.05) is 36.4 Å². The average molecular weight is 302 g/mol. The summed E-state index contributed by atoms with van der Waals surface area (Å²) < 4.78 is 0. The summed E-state index contributed by atoms with van der Waals surface area (Å²) >= 11 is 0. The van der Waals surface area contributed by atoms with Crippen molar-refractivity contribution in [1.82, 2.24) is 15.0 Å². The maximum Gasteiger partial charge on any atom is 0.229 e. The fourth-order valence-electron chi connectivity index (χ4n) is 2.01. The molecule has 3 rings (SSSR count). The van der Waals surface area contributed by atoms with Gasteiger partial charge in [0.2, 0.25) is 5.95 Å². The molecule has 2 heterocycles. The highest BCUT2D eigenvalue weighted by molar-refractivity contribution is 5.63. The molecule has 0 aliphatic carbocycles. The van der Waals surface area contributed by atoms with Gasteiger partial charge in [0.05, 0.1) is 23.5 Å². The highest BCUT2D eigenvalue weighted by Crippen LogP contribution is 2.18. The summed E-state index contributed by atoms with van der Waals surface area (Å²) in [5.41, 5.74) is 2.15. The van der Waals surface area contributed by atoms with E-state index in [1.165, 1.54) is 0 Å². The first-order valence-electron chi connectivity index (χ1n) is 7.08. The van der Waals surface area contributed by atoms with E-state index < -0.39 is 0 Å². The average Bonchev–Trinajstić information content (AvgIpc) is 2.62. The molecule has 1 aromatic carbocycles. The van der Waals surface area contributed by atoms with E-state index in [9.17, 15) is 0 Å². The van der Waals surface area contributed by atoms with Crippen LogP contribution in [0.15, 0.2) is 60.9 Å². The predicted molar refractivity (Wildman–Crippen MR) is 88.0 cm³/mol. The quantitative estimate of drug-likeness (QED) is 0.753. The van der Waals surface area contributed by atoms with Crippen LogP contribution in [0.4, 0.5) is 17.5 Å². The van der Waals surface area contributed by atoms with Gasteiger partial charge in [-0.25, -0.2) is 4.98 Å². The van der Waals surface area contributed by atoms with Crippen molar-refractivity contribution in [3.8, 4) is 6.07 Å². The zero-order chi connectivity index (χ0) is 15.9. The molecule has 0 spiro atoms. The summed E-state index contributed by atoms with van der Waals surface area (Å²) in [5, 5.41) is 15.4. The third-order valence-corrected chi connectivity index (χ3v) is 3.13. The fraction of sp³-hybridized carbons (Fsp3) is 0.0588. The molecular formula is C17H14N6. The number of nitrogens with one attached hydrogen (secondary N) is 2. The normalized spacial score (nSPS) is 9.87. The standard InChI is InChI=1S/C17H14N6/c18-11-13-5-1-2-7-15(13)22-17-20-10-8-16(23-17)21-12-14-6-3-4-9-19-14/h1-10H,12H2,(H2,20,21,22,23). The lowest BCUT2D eigenvalue weighted by Crippen LogP contribution is -2.05. The van der Waals surface area contributed by atoms with Gasteiger partial charge >= 0.3 is 0 Å². The monoisotopic (exact) mass is 302 g/mol. The second-order valence-corrected chi connectivity index (χ2v) is 4.72. The number of anilines is 3. The van der Waals surface area contributed by atoms with Crippen molar-refractivity contribution < 1.29 is 0 Å². The summed E-state index contributed by atoms with van der Waals surface area (Å²) in [6.07, 6.45) is 3.41. The van der Waals surface area contributed by atoms with Crippen LogP contribution in [-0.4, -0.2) is 15.0 Å². The molecule has 0 amide bonds. The fourth-order valence-corrected chi connectivity index (χ4v) is 2.01. The minimum absolute atomic E-state index is 0.429. The Bertz CT molecular complexity index is 826. The molecule has 0 saturated carbocycles. The lowest BCUT2D eigenvalue weighted by Gasteiger charge is -2.09. The van der Waals surface area contributed by atoms with Crippen molar-refractivity contribution in [2.24, 2.45) is 0 Å². The number of nitrogens with zero attached hydrogens (tertiary/aromatic N) is 4. The molecule has 0 aliphatic rings. The molecule has 0 aliphatic heterocycles. The lowest BCUT2D eigenvalue weighted by molar-refractivity contribution is 1.02. The lowest BCUT2D eigenvalue weighted by atomic mass is 10.2. The molecule has 0 saturated heterocycles. The van der Waals surface area contributed by atoms with Gasteiger partial charge in [-0.05, 0) is 30.3 Å². The van der Waals surface area contributed by atoms with Gasteiger partial charge in [-0.1, -0.05) is 18.2 Å². The van der Waals surface area contributed by atoms with Gasteiger partial charge in [-0.15, -0.1) is 0 Å². The van der Waals surface area contributed by atoms with E-state index in [1.54, 1.807) is 24.5 Å². The number of para-hydroxylation sites is 1. The number of aromatic nitrogens is 3. The Kier molecular flexibility index (Phi) is 4.41. The van der Waals surface area contributed by atoms with E-state index in [4.69, 9.17) is 5.26 Å². The molecule has 2 aromatic heterocycles. The first kappa shape index (κ1) is 14.5. The minimum Gasteiger partial charge on any atom is -0.364 e. The van der Waals surface area contributed by atoms with Crippen LogP contribution >= 0.6 is 0 Å². The summed E-state index contributed by atoms with van der Waals surface area (Å²) in [6, 6.07) is 16.9.